The van der Waals surface area contributed by atoms with Crippen molar-refractivity contribution in [1.82, 2.24) is 5.32 Å². The maximum atomic E-state index is 13.2. The molecule has 0 radical (unpaired) electrons. The molecule has 1 aromatic heterocycles. The summed E-state index contributed by atoms with van der Waals surface area (Å²) in [5, 5.41) is 5.60. The number of fused-ring (bicyclic) bond motifs is 1. The molecule has 214 valence electrons. The van der Waals surface area contributed by atoms with Crippen molar-refractivity contribution in [2.45, 2.75) is 37.6 Å². The van der Waals surface area contributed by atoms with Crippen LogP contribution in [0, 0.1) is 5.82 Å². The van der Waals surface area contributed by atoms with Crippen LogP contribution in [0.5, 0.6) is 11.5 Å². The number of benzene rings is 3. The minimum absolute atomic E-state index is 0.119. The first-order valence-electron chi connectivity index (χ1n) is 13.9. The van der Waals surface area contributed by atoms with Crippen LogP contribution >= 0.6 is 0 Å². The zero-order valence-corrected chi connectivity index (χ0v) is 23.8. The Kier molecular flexibility index (Phi) is 7.21. The average molecular weight is 579 g/mol. The summed E-state index contributed by atoms with van der Waals surface area (Å²) in [6.45, 7) is 1.76. The minimum Gasteiger partial charge on any atom is -0.457 e. The fraction of sp³-hybridized carbons (Fsp3) is 0.323. The van der Waals surface area contributed by atoms with Crippen LogP contribution in [0.2, 0.25) is 0 Å². The number of piperidine rings is 1. The van der Waals surface area contributed by atoms with E-state index in [2.05, 4.69) is 10.6 Å². The lowest BCUT2D eigenvalue weighted by Gasteiger charge is -2.34. The highest BCUT2D eigenvalue weighted by Crippen LogP contribution is 2.48. The lowest BCUT2D eigenvalue weighted by atomic mass is 9.99. The number of rotatable bonds is 8. The Hall–Kier alpha value is -3.89. The molecule has 41 heavy (non-hydrogen) atoms. The highest BCUT2D eigenvalue weighted by Gasteiger charge is 2.36. The third-order valence-electron chi connectivity index (χ3n) is 7.81. The summed E-state index contributed by atoms with van der Waals surface area (Å²) in [5.74, 6) is 1.05. The van der Waals surface area contributed by atoms with Gasteiger partial charge in [0.1, 0.15) is 28.7 Å². The van der Waals surface area contributed by atoms with E-state index in [1.807, 2.05) is 12.1 Å². The van der Waals surface area contributed by atoms with Crippen LogP contribution in [0.3, 0.4) is 0 Å². The number of hydrogen-bond donors (Lipinski definition) is 2. The van der Waals surface area contributed by atoms with Crippen molar-refractivity contribution in [3.63, 3.8) is 0 Å². The molecule has 0 atom stereocenters. The Balaban J connectivity index is 1.45. The molecule has 1 aliphatic heterocycles. The van der Waals surface area contributed by atoms with Crippen molar-refractivity contribution in [1.29, 1.82) is 0 Å². The van der Waals surface area contributed by atoms with E-state index >= 15 is 0 Å². The number of quaternary nitrogens is 1. The molecule has 1 saturated heterocycles. The van der Waals surface area contributed by atoms with Gasteiger partial charge in [0.25, 0.3) is 5.91 Å². The monoisotopic (exact) mass is 578 g/mol. The van der Waals surface area contributed by atoms with Crippen molar-refractivity contribution in [3.05, 3.63) is 77.6 Å². The molecule has 1 amide bonds. The molecule has 3 aromatic carbocycles. The van der Waals surface area contributed by atoms with Gasteiger partial charge in [-0.05, 0) is 78.9 Å². The van der Waals surface area contributed by atoms with Gasteiger partial charge >= 0.3 is 0 Å². The summed E-state index contributed by atoms with van der Waals surface area (Å²) in [5.41, 5.74) is 3.13. The van der Waals surface area contributed by atoms with E-state index in [9.17, 15) is 17.6 Å². The van der Waals surface area contributed by atoms with Crippen molar-refractivity contribution in [2.24, 2.45) is 0 Å². The zero-order valence-electron chi connectivity index (χ0n) is 23.0. The predicted octanol–water partition coefficient (Wildman–Crippen LogP) is 4.76. The van der Waals surface area contributed by atoms with Crippen LogP contribution in [-0.2, 0) is 10.0 Å². The molecule has 1 saturated carbocycles. The van der Waals surface area contributed by atoms with E-state index < -0.39 is 10.0 Å². The fourth-order valence-corrected chi connectivity index (χ4v) is 6.99. The van der Waals surface area contributed by atoms with Crippen LogP contribution in [0.25, 0.3) is 22.3 Å². The fourth-order valence-electron chi connectivity index (χ4n) is 5.72. The van der Waals surface area contributed by atoms with E-state index in [-0.39, 0.29) is 23.7 Å². The molecular weight excluding hydrogens is 545 g/mol. The quantitative estimate of drug-likeness (QED) is 0.314. The molecule has 2 fully saturated rings. The van der Waals surface area contributed by atoms with Crippen LogP contribution in [0.4, 0.5) is 10.1 Å². The van der Waals surface area contributed by atoms with Crippen molar-refractivity contribution in [3.8, 4) is 22.8 Å². The van der Waals surface area contributed by atoms with Crippen molar-refractivity contribution in [2.75, 3.05) is 30.7 Å². The highest BCUT2D eigenvalue weighted by molar-refractivity contribution is 7.92. The van der Waals surface area contributed by atoms with Gasteiger partial charge in [-0.1, -0.05) is 0 Å². The second-order valence-electron chi connectivity index (χ2n) is 10.8. The lowest BCUT2D eigenvalue weighted by Crippen LogP contribution is -2.87. The van der Waals surface area contributed by atoms with Crippen LogP contribution in [0.1, 0.15) is 47.5 Å². The number of carbonyl (C=O) groups excluding carboxylic acids is 1. The summed E-state index contributed by atoms with van der Waals surface area (Å²) in [7, 11) is -1.98. The number of nitrogens with two attached hydrogens (primary N) is 1. The largest absolute Gasteiger partial charge is 0.457 e. The zero-order chi connectivity index (χ0) is 28.7. The maximum absolute atomic E-state index is 13.2. The second-order valence-corrected chi connectivity index (χ2v) is 12.7. The topological polar surface area (TPSA) is 105 Å². The minimum atomic E-state index is -3.56. The molecule has 2 aliphatic rings. The molecular formula is C31H33FN3O5S+. The molecule has 4 aromatic rings. The first-order chi connectivity index (χ1) is 19.7. The molecule has 3 N–H and O–H groups in total. The summed E-state index contributed by atoms with van der Waals surface area (Å²) < 4.78 is 53.4. The van der Waals surface area contributed by atoms with Gasteiger partial charge in [-0.25, -0.2) is 12.8 Å². The van der Waals surface area contributed by atoms with Crippen LogP contribution in [0.15, 0.2) is 65.1 Å². The standard InChI is InChI=1S/C31H32FN3O5S/c1-33-31(36)29-26-17-25(19-3-4-19)27(35(41(2,37)38)22-13-15-34-16-14-22)18-28(26)40-30(29)20-5-9-23(10-6-20)39-24-11-7-21(32)8-12-24/h5-12,17-19,22,34H,3-4,13-16H2,1-2H3,(H,33,36)/p+1. The first kappa shape index (κ1) is 27.3. The molecule has 0 unspecified atom stereocenters. The van der Waals surface area contributed by atoms with Gasteiger partial charge in [-0.15, -0.1) is 0 Å². The Morgan fingerprint density at radius 2 is 1.63 bits per heavy atom. The van der Waals surface area contributed by atoms with Gasteiger partial charge in [-0.2, -0.15) is 0 Å². The third kappa shape index (κ3) is 5.54. The van der Waals surface area contributed by atoms with Crippen LogP contribution < -0.4 is 19.7 Å². The van der Waals surface area contributed by atoms with E-state index in [0.717, 1.165) is 44.3 Å². The maximum Gasteiger partial charge on any atom is 0.255 e. The number of hydrogen-bond acceptors (Lipinski definition) is 5. The molecule has 8 nitrogen and oxygen atoms in total. The number of carbonyl (C=O) groups is 1. The molecule has 6 rings (SSSR count). The molecule has 1 aliphatic carbocycles. The molecule has 0 spiro atoms. The first-order valence-corrected chi connectivity index (χ1v) is 15.7. The number of sulfonamides is 1. The Morgan fingerprint density at radius 1 is 1.00 bits per heavy atom. The van der Waals surface area contributed by atoms with E-state index in [1.165, 1.54) is 18.4 Å². The number of halogens is 1. The number of nitrogens with zero attached hydrogens (tertiary/aromatic N) is 1. The Labute approximate surface area is 238 Å². The molecule has 10 heteroatoms. The summed E-state index contributed by atoms with van der Waals surface area (Å²) in [6, 6.07) is 16.5. The number of amides is 1. The number of furan rings is 1. The van der Waals surface area contributed by atoms with Gasteiger partial charge in [-0.3, -0.25) is 9.10 Å². The number of ether oxygens (including phenoxy) is 1. The van der Waals surface area contributed by atoms with Gasteiger partial charge in [0.05, 0.1) is 36.6 Å². The van der Waals surface area contributed by atoms with Crippen molar-refractivity contribution < 1.29 is 32.1 Å². The average Bonchev–Trinajstić information content (AvgIpc) is 3.74. The lowest BCUT2D eigenvalue weighted by molar-refractivity contribution is -0.662. The molecule has 0 bridgehead atoms. The van der Waals surface area contributed by atoms with Crippen LogP contribution in [-0.4, -0.2) is 46.8 Å². The van der Waals surface area contributed by atoms with Crippen molar-refractivity contribution >= 4 is 32.6 Å². The smallest absolute Gasteiger partial charge is 0.255 e. The molecule has 2 heterocycles. The van der Waals surface area contributed by atoms with E-state index in [0.29, 0.717) is 45.0 Å². The predicted molar refractivity (Wildman–Crippen MR) is 155 cm³/mol. The number of nitrogens with one attached hydrogen (secondary N) is 1. The summed E-state index contributed by atoms with van der Waals surface area (Å²) in [4.78, 5) is 13.2. The summed E-state index contributed by atoms with van der Waals surface area (Å²) in [6.07, 6.45) is 4.77. The van der Waals surface area contributed by atoms with Gasteiger partial charge in [0.2, 0.25) is 10.0 Å². The Morgan fingerprint density at radius 3 is 2.22 bits per heavy atom. The van der Waals surface area contributed by atoms with Gasteiger partial charge < -0.3 is 19.8 Å². The highest BCUT2D eigenvalue weighted by atomic mass is 32.2. The normalized spacial score (nSPS) is 16.1. The summed E-state index contributed by atoms with van der Waals surface area (Å²) >= 11 is 0. The van der Waals surface area contributed by atoms with Gasteiger partial charge in [0, 0.05) is 36.9 Å². The third-order valence-corrected chi connectivity index (χ3v) is 9.02. The Bertz CT molecular complexity index is 1690. The number of anilines is 1. The van der Waals surface area contributed by atoms with E-state index in [4.69, 9.17) is 9.15 Å². The second kappa shape index (κ2) is 10.8. The van der Waals surface area contributed by atoms with E-state index in [1.54, 1.807) is 47.8 Å². The van der Waals surface area contributed by atoms with Gasteiger partial charge in [0.15, 0.2) is 0 Å². The SMILES string of the molecule is CNC(=O)c1c(-c2ccc(Oc3ccc(F)cc3)cc2)oc2cc(N(C3CC[NH2+]CC3)S(C)(=O)=O)c(C3CC3)cc12.